The first-order valence-corrected chi connectivity index (χ1v) is 7.38. The summed E-state index contributed by atoms with van der Waals surface area (Å²) >= 11 is 0. The summed E-state index contributed by atoms with van der Waals surface area (Å²) < 4.78 is 0. The van der Waals surface area contributed by atoms with Gasteiger partial charge in [0.25, 0.3) is 5.91 Å². The van der Waals surface area contributed by atoms with Crippen molar-refractivity contribution in [2.24, 2.45) is 0 Å². The van der Waals surface area contributed by atoms with Crippen LogP contribution in [0.1, 0.15) is 29.3 Å². The van der Waals surface area contributed by atoms with Gasteiger partial charge in [0, 0.05) is 32.1 Å². The van der Waals surface area contributed by atoms with Gasteiger partial charge in [-0.2, -0.15) is 0 Å². The van der Waals surface area contributed by atoms with E-state index >= 15 is 0 Å². The van der Waals surface area contributed by atoms with Crippen molar-refractivity contribution < 1.29 is 14.4 Å². The number of carbonyl (C=O) groups is 3. The van der Waals surface area contributed by atoms with Crippen molar-refractivity contribution in [2.75, 3.05) is 19.6 Å². The van der Waals surface area contributed by atoms with Crippen LogP contribution in [0.5, 0.6) is 0 Å². The smallest absolute Gasteiger partial charge is 0.251 e. The molecule has 1 fully saturated rings. The topological polar surface area (TPSA) is 78.5 Å². The minimum atomic E-state index is -0.426. The summed E-state index contributed by atoms with van der Waals surface area (Å²) in [6, 6.07) is 6.90. The van der Waals surface area contributed by atoms with Gasteiger partial charge in [0.2, 0.25) is 11.8 Å². The van der Waals surface area contributed by atoms with Crippen molar-refractivity contribution >= 4 is 17.7 Å². The highest BCUT2D eigenvalue weighted by Gasteiger charge is 2.31. The Morgan fingerprint density at radius 2 is 1.95 bits per heavy atom. The molecule has 0 bridgehead atoms. The average Bonchev–Trinajstić information content (AvgIpc) is 2.80. The zero-order valence-electron chi connectivity index (χ0n) is 12.9. The lowest BCUT2D eigenvalue weighted by Gasteiger charge is -2.17. The summed E-state index contributed by atoms with van der Waals surface area (Å²) in [5.41, 5.74) is 1.71. The number of carbonyl (C=O) groups excluding carboxylic acids is 3. The number of hydrogen-bond donors (Lipinski definition) is 2. The quantitative estimate of drug-likeness (QED) is 0.829. The van der Waals surface area contributed by atoms with E-state index < -0.39 is 6.04 Å². The number of rotatable bonds is 5. The van der Waals surface area contributed by atoms with Gasteiger partial charge >= 0.3 is 0 Å². The average molecular weight is 303 g/mol. The SMILES string of the molecule is CC(=O)NC1CCN(CCNC(=O)c2ccc(C)cc2)C1=O. The summed E-state index contributed by atoms with van der Waals surface area (Å²) in [6.45, 7) is 4.81. The largest absolute Gasteiger partial charge is 0.350 e. The summed E-state index contributed by atoms with van der Waals surface area (Å²) in [5.74, 6) is -0.433. The Morgan fingerprint density at radius 3 is 2.59 bits per heavy atom. The monoisotopic (exact) mass is 303 g/mol. The summed E-state index contributed by atoms with van der Waals surface area (Å²) in [4.78, 5) is 36.6. The van der Waals surface area contributed by atoms with Gasteiger partial charge < -0.3 is 15.5 Å². The molecule has 118 valence electrons. The number of aryl methyl sites for hydroxylation is 1. The second-order valence-electron chi connectivity index (χ2n) is 5.49. The Kier molecular flexibility index (Phi) is 5.14. The number of nitrogens with one attached hydrogen (secondary N) is 2. The number of likely N-dealkylation sites (tertiary alicyclic amines) is 1. The lowest BCUT2D eigenvalue weighted by molar-refractivity contribution is -0.132. The molecule has 2 N–H and O–H groups in total. The van der Waals surface area contributed by atoms with E-state index in [-0.39, 0.29) is 17.7 Å². The zero-order chi connectivity index (χ0) is 16.1. The zero-order valence-corrected chi connectivity index (χ0v) is 12.9. The molecule has 0 aliphatic carbocycles. The van der Waals surface area contributed by atoms with Crippen LogP contribution < -0.4 is 10.6 Å². The molecule has 0 spiro atoms. The molecule has 1 aromatic rings. The second-order valence-corrected chi connectivity index (χ2v) is 5.49. The normalized spacial score (nSPS) is 17.5. The molecule has 1 unspecified atom stereocenters. The van der Waals surface area contributed by atoms with Gasteiger partial charge in [0.15, 0.2) is 0 Å². The van der Waals surface area contributed by atoms with Crippen molar-refractivity contribution in [1.82, 2.24) is 15.5 Å². The van der Waals surface area contributed by atoms with Crippen LogP contribution in [-0.2, 0) is 9.59 Å². The standard InChI is InChI=1S/C16H21N3O3/c1-11-3-5-13(6-4-11)15(21)17-8-10-19-9-7-14(16(19)22)18-12(2)20/h3-6,14H,7-10H2,1-2H3,(H,17,21)(H,18,20). The molecule has 2 rings (SSSR count). The van der Waals surface area contributed by atoms with E-state index in [0.29, 0.717) is 31.6 Å². The predicted octanol–water partition coefficient (Wildman–Crippen LogP) is 0.462. The molecule has 0 aromatic heterocycles. The Hall–Kier alpha value is -2.37. The van der Waals surface area contributed by atoms with Crippen LogP contribution in [0.2, 0.25) is 0 Å². The maximum Gasteiger partial charge on any atom is 0.251 e. The van der Waals surface area contributed by atoms with E-state index in [0.717, 1.165) is 5.56 Å². The Bertz CT molecular complexity index is 569. The molecule has 1 saturated heterocycles. The fourth-order valence-corrected chi connectivity index (χ4v) is 2.45. The minimum absolute atomic E-state index is 0.0835. The maximum atomic E-state index is 12.0. The highest BCUT2D eigenvalue weighted by Crippen LogP contribution is 2.10. The molecule has 0 saturated carbocycles. The molecule has 1 aliphatic rings. The molecule has 1 atom stereocenters. The van der Waals surface area contributed by atoms with E-state index in [9.17, 15) is 14.4 Å². The lowest BCUT2D eigenvalue weighted by Crippen LogP contribution is -2.42. The van der Waals surface area contributed by atoms with Crippen molar-refractivity contribution in [3.63, 3.8) is 0 Å². The van der Waals surface area contributed by atoms with E-state index in [1.54, 1.807) is 17.0 Å². The van der Waals surface area contributed by atoms with Gasteiger partial charge in [-0.3, -0.25) is 14.4 Å². The minimum Gasteiger partial charge on any atom is -0.350 e. The first-order valence-electron chi connectivity index (χ1n) is 7.38. The first kappa shape index (κ1) is 16.0. The Labute approximate surface area is 129 Å². The van der Waals surface area contributed by atoms with Gasteiger partial charge in [0.05, 0.1) is 0 Å². The number of hydrogen-bond acceptors (Lipinski definition) is 3. The molecular formula is C16H21N3O3. The third-order valence-corrected chi connectivity index (χ3v) is 3.66. The van der Waals surface area contributed by atoms with Gasteiger partial charge in [-0.05, 0) is 25.5 Å². The molecule has 3 amide bonds. The van der Waals surface area contributed by atoms with E-state index in [1.807, 2.05) is 19.1 Å². The van der Waals surface area contributed by atoms with E-state index in [1.165, 1.54) is 6.92 Å². The van der Waals surface area contributed by atoms with Gasteiger partial charge in [-0.15, -0.1) is 0 Å². The maximum absolute atomic E-state index is 12.0. The second kappa shape index (κ2) is 7.06. The summed E-state index contributed by atoms with van der Waals surface area (Å²) in [6.07, 6.45) is 0.615. The van der Waals surface area contributed by atoms with Gasteiger partial charge in [0.1, 0.15) is 6.04 Å². The van der Waals surface area contributed by atoms with Crippen LogP contribution >= 0.6 is 0 Å². The molecular weight excluding hydrogens is 282 g/mol. The fourth-order valence-electron chi connectivity index (χ4n) is 2.45. The number of nitrogens with zero attached hydrogens (tertiary/aromatic N) is 1. The number of amides is 3. The molecule has 0 radical (unpaired) electrons. The molecule has 6 heteroatoms. The molecule has 1 aromatic carbocycles. The fraction of sp³-hybridized carbons (Fsp3) is 0.438. The van der Waals surface area contributed by atoms with Gasteiger partial charge in [-0.25, -0.2) is 0 Å². The van der Waals surface area contributed by atoms with Crippen LogP contribution in [0.3, 0.4) is 0 Å². The third kappa shape index (κ3) is 4.07. The van der Waals surface area contributed by atoms with E-state index in [2.05, 4.69) is 10.6 Å². The van der Waals surface area contributed by atoms with Crippen molar-refractivity contribution in [2.45, 2.75) is 26.3 Å². The van der Waals surface area contributed by atoms with Crippen molar-refractivity contribution in [3.05, 3.63) is 35.4 Å². The third-order valence-electron chi connectivity index (χ3n) is 3.66. The van der Waals surface area contributed by atoms with Crippen LogP contribution in [0.4, 0.5) is 0 Å². The summed E-state index contributed by atoms with van der Waals surface area (Å²) in [5, 5.41) is 5.44. The van der Waals surface area contributed by atoms with Crippen molar-refractivity contribution in [1.29, 1.82) is 0 Å². The van der Waals surface area contributed by atoms with Crippen LogP contribution in [0.15, 0.2) is 24.3 Å². The van der Waals surface area contributed by atoms with Crippen molar-refractivity contribution in [3.8, 4) is 0 Å². The number of benzene rings is 1. The Balaban J connectivity index is 1.77. The highest BCUT2D eigenvalue weighted by molar-refractivity contribution is 5.94. The molecule has 6 nitrogen and oxygen atoms in total. The van der Waals surface area contributed by atoms with Crippen LogP contribution in [-0.4, -0.2) is 48.3 Å². The molecule has 22 heavy (non-hydrogen) atoms. The van der Waals surface area contributed by atoms with Crippen LogP contribution in [0, 0.1) is 6.92 Å². The lowest BCUT2D eigenvalue weighted by atomic mass is 10.1. The highest BCUT2D eigenvalue weighted by atomic mass is 16.2. The van der Waals surface area contributed by atoms with Crippen LogP contribution in [0.25, 0.3) is 0 Å². The van der Waals surface area contributed by atoms with Gasteiger partial charge in [-0.1, -0.05) is 17.7 Å². The van der Waals surface area contributed by atoms with E-state index in [4.69, 9.17) is 0 Å². The Morgan fingerprint density at radius 1 is 1.27 bits per heavy atom. The first-order chi connectivity index (χ1) is 10.5. The molecule has 1 aliphatic heterocycles. The predicted molar refractivity (Wildman–Crippen MR) is 82.3 cm³/mol. The molecule has 1 heterocycles. The summed E-state index contributed by atoms with van der Waals surface area (Å²) in [7, 11) is 0.